The van der Waals surface area contributed by atoms with E-state index in [1.165, 1.54) is 24.0 Å². The van der Waals surface area contributed by atoms with E-state index in [2.05, 4.69) is 0 Å². The predicted molar refractivity (Wildman–Crippen MR) is 98.7 cm³/mol. The average Bonchev–Trinajstić information content (AvgIpc) is 2.58. The topological polar surface area (TPSA) is 72.6 Å². The van der Waals surface area contributed by atoms with Crippen molar-refractivity contribution in [2.24, 2.45) is 0 Å². The van der Waals surface area contributed by atoms with Gasteiger partial charge in [0.25, 0.3) is 5.91 Å². The molecule has 1 unspecified atom stereocenters. The van der Waals surface area contributed by atoms with E-state index >= 15 is 0 Å². The van der Waals surface area contributed by atoms with Gasteiger partial charge in [0.1, 0.15) is 0 Å². The third-order valence-corrected chi connectivity index (χ3v) is 4.12. The molecule has 0 aliphatic carbocycles. The summed E-state index contributed by atoms with van der Waals surface area (Å²) in [6.45, 7) is 1.91. The molecule has 25 heavy (non-hydrogen) atoms. The highest BCUT2D eigenvalue weighted by Crippen LogP contribution is 2.28. The summed E-state index contributed by atoms with van der Waals surface area (Å²) in [5, 5.41) is 0.408. The van der Waals surface area contributed by atoms with E-state index < -0.39 is 12.1 Å². The van der Waals surface area contributed by atoms with E-state index in [1.54, 1.807) is 7.05 Å². The standard InChI is InChI=1S/C18H18Cl2N2O3/c1-11(17(23)22(2)10-12-6-4-3-5-7-12)25-18(24)14-8-13(19)9-15(20)16(14)21/h3-9,11H,10,21H2,1-2H3. The summed E-state index contributed by atoms with van der Waals surface area (Å²) in [6, 6.07) is 12.3. The lowest BCUT2D eigenvalue weighted by atomic mass is 10.2. The van der Waals surface area contributed by atoms with E-state index in [4.69, 9.17) is 33.7 Å². The van der Waals surface area contributed by atoms with Gasteiger partial charge in [0.05, 0.1) is 16.3 Å². The summed E-state index contributed by atoms with van der Waals surface area (Å²) in [6.07, 6.45) is -0.974. The Kier molecular flexibility index (Phi) is 6.28. The molecule has 2 aromatic rings. The van der Waals surface area contributed by atoms with Crippen LogP contribution in [0.1, 0.15) is 22.8 Å². The number of ether oxygens (including phenoxy) is 1. The number of hydrogen-bond donors (Lipinski definition) is 1. The lowest BCUT2D eigenvalue weighted by Crippen LogP contribution is -2.37. The minimum atomic E-state index is -0.974. The van der Waals surface area contributed by atoms with Crippen LogP contribution in [0.3, 0.4) is 0 Å². The summed E-state index contributed by atoms with van der Waals surface area (Å²) in [5.74, 6) is -1.08. The van der Waals surface area contributed by atoms with Gasteiger partial charge in [-0.2, -0.15) is 0 Å². The number of carbonyl (C=O) groups is 2. The van der Waals surface area contributed by atoms with E-state index in [9.17, 15) is 9.59 Å². The van der Waals surface area contributed by atoms with Crippen molar-refractivity contribution in [1.29, 1.82) is 0 Å². The summed E-state index contributed by atoms with van der Waals surface area (Å²) >= 11 is 11.8. The SMILES string of the molecule is CC(OC(=O)c1cc(Cl)cc(Cl)c1N)C(=O)N(C)Cc1ccccc1. The first-order valence-electron chi connectivity index (χ1n) is 7.54. The Labute approximate surface area is 156 Å². The van der Waals surface area contributed by atoms with Gasteiger partial charge in [-0.25, -0.2) is 4.79 Å². The van der Waals surface area contributed by atoms with E-state index in [-0.39, 0.29) is 27.2 Å². The van der Waals surface area contributed by atoms with Crippen molar-refractivity contribution < 1.29 is 14.3 Å². The summed E-state index contributed by atoms with van der Waals surface area (Å²) in [5.41, 5.74) is 6.85. The quantitative estimate of drug-likeness (QED) is 0.632. The van der Waals surface area contributed by atoms with Crippen molar-refractivity contribution >= 4 is 40.8 Å². The molecule has 0 spiro atoms. The molecule has 0 heterocycles. The minimum Gasteiger partial charge on any atom is -0.449 e. The molecule has 0 bridgehead atoms. The second-order valence-electron chi connectivity index (χ2n) is 5.58. The Morgan fingerprint density at radius 1 is 1.20 bits per heavy atom. The average molecular weight is 381 g/mol. The molecular formula is C18H18Cl2N2O3. The zero-order valence-corrected chi connectivity index (χ0v) is 15.3. The summed E-state index contributed by atoms with van der Waals surface area (Å²) < 4.78 is 5.22. The van der Waals surface area contributed by atoms with Crippen molar-refractivity contribution in [1.82, 2.24) is 4.90 Å². The lowest BCUT2D eigenvalue weighted by molar-refractivity contribution is -0.139. The van der Waals surface area contributed by atoms with Crippen molar-refractivity contribution in [3.8, 4) is 0 Å². The normalized spacial score (nSPS) is 11.7. The number of esters is 1. The third kappa shape index (κ3) is 4.87. The molecule has 132 valence electrons. The number of nitrogen functional groups attached to an aromatic ring is 1. The highest BCUT2D eigenvalue weighted by Gasteiger charge is 2.24. The fourth-order valence-corrected chi connectivity index (χ4v) is 2.77. The number of anilines is 1. The molecule has 0 saturated carbocycles. The molecule has 2 N–H and O–H groups in total. The van der Waals surface area contributed by atoms with Gasteiger partial charge in [0.2, 0.25) is 0 Å². The molecule has 0 fully saturated rings. The number of nitrogens with zero attached hydrogens (tertiary/aromatic N) is 1. The number of rotatable bonds is 5. The van der Waals surface area contributed by atoms with Crippen LogP contribution in [0.2, 0.25) is 10.0 Å². The molecule has 0 radical (unpaired) electrons. The molecule has 0 aliphatic heterocycles. The summed E-state index contributed by atoms with van der Waals surface area (Å²) in [7, 11) is 1.64. The number of nitrogens with two attached hydrogens (primary N) is 1. The van der Waals surface area contributed by atoms with Crippen LogP contribution in [-0.2, 0) is 16.1 Å². The Morgan fingerprint density at radius 2 is 1.84 bits per heavy atom. The smallest absolute Gasteiger partial charge is 0.341 e. The Hall–Kier alpha value is -2.24. The highest BCUT2D eigenvalue weighted by atomic mass is 35.5. The number of carbonyl (C=O) groups excluding carboxylic acids is 2. The predicted octanol–water partition coefficient (Wildman–Crippen LogP) is 3.78. The third-order valence-electron chi connectivity index (χ3n) is 3.58. The van der Waals surface area contributed by atoms with Gasteiger partial charge in [-0.3, -0.25) is 4.79 Å². The van der Waals surface area contributed by atoms with Crippen LogP contribution in [0.4, 0.5) is 5.69 Å². The zero-order chi connectivity index (χ0) is 18.6. The molecule has 5 nitrogen and oxygen atoms in total. The van der Waals surface area contributed by atoms with Crippen LogP contribution >= 0.6 is 23.2 Å². The van der Waals surface area contributed by atoms with Crippen LogP contribution in [0, 0.1) is 0 Å². The van der Waals surface area contributed by atoms with Crippen LogP contribution in [0.5, 0.6) is 0 Å². The minimum absolute atomic E-state index is 0.0304. The van der Waals surface area contributed by atoms with Gasteiger partial charge < -0.3 is 15.4 Å². The van der Waals surface area contributed by atoms with Crippen LogP contribution in [-0.4, -0.2) is 29.9 Å². The first-order chi connectivity index (χ1) is 11.8. The van der Waals surface area contributed by atoms with Gasteiger partial charge >= 0.3 is 5.97 Å². The fourth-order valence-electron chi connectivity index (χ4n) is 2.27. The molecule has 0 aromatic heterocycles. The molecule has 2 aromatic carbocycles. The Bertz CT molecular complexity index is 781. The first kappa shape index (κ1) is 19.1. The fraction of sp³-hybridized carbons (Fsp3) is 0.222. The number of likely N-dealkylation sites (N-methyl/N-ethyl adjacent to an activating group) is 1. The van der Waals surface area contributed by atoms with Gasteiger partial charge in [-0.1, -0.05) is 53.5 Å². The highest BCUT2D eigenvalue weighted by molar-refractivity contribution is 6.37. The van der Waals surface area contributed by atoms with Crippen LogP contribution in [0.25, 0.3) is 0 Å². The van der Waals surface area contributed by atoms with Gasteiger partial charge in [0, 0.05) is 18.6 Å². The maximum atomic E-state index is 12.4. The molecule has 1 atom stereocenters. The van der Waals surface area contributed by atoms with E-state index in [1.807, 2.05) is 30.3 Å². The molecule has 2 rings (SSSR count). The largest absolute Gasteiger partial charge is 0.449 e. The number of amides is 1. The maximum Gasteiger partial charge on any atom is 0.341 e. The monoisotopic (exact) mass is 380 g/mol. The van der Waals surface area contributed by atoms with Gasteiger partial charge in [-0.05, 0) is 24.6 Å². The number of hydrogen-bond acceptors (Lipinski definition) is 4. The lowest BCUT2D eigenvalue weighted by Gasteiger charge is -2.22. The molecule has 0 saturated heterocycles. The molecule has 1 amide bonds. The van der Waals surface area contributed by atoms with E-state index in [0.29, 0.717) is 6.54 Å². The van der Waals surface area contributed by atoms with Crippen LogP contribution in [0.15, 0.2) is 42.5 Å². The summed E-state index contributed by atoms with van der Waals surface area (Å²) in [4.78, 5) is 26.2. The van der Waals surface area contributed by atoms with Crippen molar-refractivity contribution in [3.05, 3.63) is 63.6 Å². The molecule has 0 aliphatic rings. The molecule has 7 heteroatoms. The first-order valence-corrected chi connectivity index (χ1v) is 8.29. The zero-order valence-electron chi connectivity index (χ0n) is 13.8. The Morgan fingerprint density at radius 3 is 2.48 bits per heavy atom. The second-order valence-corrected chi connectivity index (χ2v) is 6.42. The van der Waals surface area contributed by atoms with E-state index in [0.717, 1.165) is 5.56 Å². The van der Waals surface area contributed by atoms with Crippen molar-refractivity contribution in [2.45, 2.75) is 19.6 Å². The Balaban J connectivity index is 2.04. The van der Waals surface area contributed by atoms with Gasteiger partial charge in [-0.15, -0.1) is 0 Å². The van der Waals surface area contributed by atoms with Crippen molar-refractivity contribution in [3.63, 3.8) is 0 Å². The number of halogens is 2. The maximum absolute atomic E-state index is 12.4. The van der Waals surface area contributed by atoms with Gasteiger partial charge in [0.15, 0.2) is 6.10 Å². The van der Waals surface area contributed by atoms with Crippen molar-refractivity contribution in [2.75, 3.05) is 12.8 Å². The second kappa shape index (κ2) is 8.23. The van der Waals surface area contributed by atoms with Crippen LogP contribution < -0.4 is 5.73 Å². The molecular weight excluding hydrogens is 363 g/mol. The number of benzene rings is 2.